The van der Waals surface area contributed by atoms with Gasteiger partial charge in [-0.2, -0.15) is 0 Å². The van der Waals surface area contributed by atoms with Crippen molar-refractivity contribution in [1.29, 1.82) is 0 Å². The molecule has 0 aliphatic rings. The molecule has 4 nitrogen and oxygen atoms in total. The van der Waals surface area contributed by atoms with Gasteiger partial charge < -0.3 is 19.2 Å². The molecule has 4 aromatic rings. The molecule has 1 N–H and O–H groups in total. The van der Waals surface area contributed by atoms with Gasteiger partial charge in [-0.3, -0.25) is 0 Å². The van der Waals surface area contributed by atoms with Gasteiger partial charge in [-0.1, -0.05) is 26.0 Å². The van der Waals surface area contributed by atoms with E-state index in [1.54, 1.807) is 0 Å². The molecule has 0 aliphatic heterocycles. The molecular weight excluding hydrogens is 422 g/mol. The number of fused-ring (bicyclic) bond motifs is 1. The van der Waals surface area contributed by atoms with Gasteiger partial charge in [0.1, 0.15) is 17.2 Å². The zero-order valence-corrected chi connectivity index (χ0v) is 20.5. The number of benzene rings is 3. The van der Waals surface area contributed by atoms with E-state index in [9.17, 15) is 0 Å². The number of aromatic nitrogens is 1. The van der Waals surface area contributed by atoms with Crippen molar-refractivity contribution in [3.05, 3.63) is 77.9 Å². The first-order valence-electron chi connectivity index (χ1n) is 12.4. The van der Waals surface area contributed by atoms with E-state index in [1.165, 1.54) is 16.5 Å². The molecule has 0 bridgehead atoms. The second kappa shape index (κ2) is 11.6. The van der Waals surface area contributed by atoms with Crippen LogP contribution in [0.2, 0.25) is 0 Å². The molecule has 4 rings (SSSR count). The molecule has 3 aromatic carbocycles. The third kappa shape index (κ3) is 5.74. The smallest absolute Gasteiger partial charge is 0.121 e. The molecule has 0 saturated heterocycles. The van der Waals surface area contributed by atoms with Crippen LogP contribution in [-0.4, -0.2) is 24.8 Å². The third-order valence-electron chi connectivity index (χ3n) is 5.86. The van der Waals surface area contributed by atoms with Crippen LogP contribution < -0.4 is 14.2 Å². The number of ether oxygens (including phenoxy) is 3. The van der Waals surface area contributed by atoms with E-state index < -0.39 is 0 Å². The van der Waals surface area contributed by atoms with E-state index in [0.717, 1.165) is 72.9 Å². The minimum absolute atomic E-state index is 0.656. The van der Waals surface area contributed by atoms with E-state index in [0.29, 0.717) is 6.61 Å². The predicted octanol–water partition coefficient (Wildman–Crippen LogP) is 7.60. The molecule has 1 heterocycles. The van der Waals surface area contributed by atoms with Crippen LogP contribution in [0.5, 0.6) is 17.2 Å². The van der Waals surface area contributed by atoms with Gasteiger partial charge in [0.2, 0.25) is 0 Å². The van der Waals surface area contributed by atoms with E-state index in [1.807, 2.05) is 6.92 Å². The second-order valence-electron chi connectivity index (χ2n) is 8.48. The Hall–Kier alpha value is -3.40. The summed E-state index contributed by atoms with van der Waals surface area (Å²) in [5.74, 6) is 2.74. The lowest BCUT2D eigenvalue weighted by atomic mass is 9.98. The number of H-pyrrole nitrogens is 1. The van der Waals surface area contributed by atoms with Crippen molar-refractivity contribution in [2.24, 2.45) is 0 Å². The molecule has 0 aliphatic carbocycles. The highest BCUT2D eigenvalue weighted by Gasteiger charge is 2.14. The summed E-state index contributed by atoms with van der Waals surface area (Å²) < 4.78 is 17.3. The molecule has 0 atom stereocenters. The second-order valence-corrected chi connectivity index (χ2v) is 8.48. The topological polar surface area (TPSA) is 43.5 Å². The molecule has 0 radical (unpaired) electrons. The van der Waals surface area contributed by atoms with Crippen molar-refractivity contribution >= 4 is 10.9 Å². The van der Waals surface area contributed by atoms with E-state index in [-0.39, 0.29) is 0 Å². The molecule has 0 spiro atoms. The minimum atomic E-state index is 0.656. The molecule has 1 aromatic heterocycles. The number of hydrogen-bond donors (Lipinski definition) is 1. The van der Waals surface area contributed by atoms with Gasteiger partial charge in [0.25, 0.3) is 0 Å². The summed E-state index contributed by atoms with van der Waals surface area (Å²) in [6, 6.07) is 23.2. The highest BCUT2D eigenvalue weighted by atomic mass is 16.5. The first-order chi connectivity index (χ1) is 16.7. The zero-order valence-electron chi connectivity index (χ0n) is 20.5. The lowest BCUT2D eigenvalue weighted by molar-refractivity contribution is 0.317. The van der Waals surface area contributed by atoms with Crippen LogP contribution in [0.1, 0.15) is 44.7 Å². The highest BCUT2D eigenvalue weighted by molar-refractivity contribution is 5.91. The maximum atomic E-state index is 5.78. The fourth-order valence-corrected chi connectivity index (χ4v) is 4.18. The van der Waals surface area contributed by atoms with Crippen LogP contribution in [0, 0.1) is 0 Å². The first-order valence-corrected chi connectivity index (χ1v) is 12.4. The minimum Gasteiger partial charge on any atom is -0.494 e. The van der Waals surface area contributed by atoms with Crippen molar-refractivity contribution in [3.63, 3.8) is 0 Å². The fraction of sp³-hybridized carbons (Fsp3) is 0.333. The lowest BCUT2D eigenvalue weighted by Crippen LogP contribution is -1.97. The Bertz CT molecular complexity index is 1180. The summed E-state index contributed by atoms with van der Waals surface area (Å²) in [6.45, 7) is 8.40. The van der Waals surface area contributed by atoms with Crippen LogP contribution in [0.4, 0.5) is 0 Å². The fourth-order valence-electron chi connectivity index (χ4n) is 4.18. The van der Waals surface area contributed by atoms with Gasteiger partial charge in [-0.05, 0) is 97.8 Å². The van der Waals surface area contributed by atoms with Crippen LogP contribution in [0.3, 0.4) is 0 Å². The van der Waals surface area contributed by atoms with Gasteiger partial charge in [0.05, 0.1) is 19.8 Å². The monoisotopic (exact) mass is 457 g/mol. The van der Waals surface area contributed by atoms with Crippen molar-refractivity contribution < 1.29 is 14.2 Å². The summed E-state index contributed by atoms with van der Waals surface area (Å²) in [7, 11) is 0. The van der Waals surface area contributed by atoms with Gasteiger partial charge in [0.15, 0.2) is 0 Å². The maximum Gasteiger partial charge on any atom is 0.121 e. The van der Waals surface area contributed by atoms with Crippen LogP contribution >= 0.6 is 0 Å². The Morgan fingerprint density at radius 3 is 1.88 bits per heavy atom. The Labute approximate surface area is 202 Å². The highest BCUT2D eigenvalue weighted by Crippen LogP contribution is 2.34. The van der Waals surface area contributed by atoms with Crippen LogP contribution in [0.25, 0.3) is 22.2 Å². The SMILES string of the molecule is CCCOc1ccc(CCc2c(-c3ccc(OCCC)cc3)[nH]c3cc(OCC)ccc23)cc1. The quantitative estimate of drug-likeness (QED) is 0.238. The van der Waals surface area contributed by atoms with Gasteiger partial charge in [-0.15, -0.1) is 0 Å². The van der Waals surface area contributed by atoms with Crippen molar-refractivity contribution in [2.45, 2.75) is 46.5 Å². The Kier molecular flexibility index (Phi) is 8.13. The van der Waals surface area contributed by atoms with Crippen molar-refractivity contribution in [2.75, 3.05) is 19.8 Å². The average Bonchev–Trinajstić information content (AvgIpc) is 3.23. The number of hydrogen-bond acceptors (Lipinski definition) is 3. The third-order valence-corrected chi connectivity index (χ3v) is 5.86. The maximum absolute atomic E-state index is 5.78. The van der Waals surface area contributed by atoms with Crippen LogP contribution in [0.15, 0.2) is 66.7 Å². The molecule has 0 saturated carbocycles. The summed E-state index contributed by atoms with van der Waals surface area (Å²) in [6.07, 6.45) is 3.91. The van der Waals surface area contributed by atoms with E-state index >= 15 is 0 Å². The summed E-state index contributed by atoms with van der Waals surface area (Å²) in [5.41, 5.74) is 6.06. The molecule has 34 heavy (non-hydrogen) atoms. The molecule has 0 fully saturated rings. The van der Waals surface area contributed by atoms with Gasteiger partial charge >= 0.3 is 0 Å². The zero-order chi connectivity index (χ0) is 23.8. The molecule has 0 amide bonds. The average molecular weight is 458 g/mol. The normalized spacial score (nSPS) is 11.0. The predicted molar refractivity (Wildman–Crippen MR) is 140 cm³/mol. The van der Waals surface area contributed by atoms with Gasteiger partial charge in [0, 0.05) is 22.7 Å². The van der Waals surface area contributed by atoms with E-state index in [2.05, 4.69) is 85.6 Å². The van der Waals surface area contributed by atoms with Crippen molar-refractivity contribution in [3.8, 4) is 28.5 Å². The molecular formula is C30H35NO3. The standard InChI is InChI=1S/C30H35NO3/c1-4-19-33-24-12-7-22(8-13-24)9-17-28-27-18-16-26(32-6-3)21-29(27)31-30(28)23-10-14-25(15-11-23)34-20-5-2/h7-8,10-16,18,21,31H,4-6,9,17,19-20H2,1-3H3. The summed E-state index contributed by atoms with van der Waals surface area (Å²) in [5, 5.41) is 1.24. The Morgan fingerprint density at radius 2 is 1.26 bits per heavy atom. The summed E-state index contributed by atoms with van der Waals surface area (Å²) >= 11 is 0. The number of aryl methyl sites for hydroxylation is 2. The van der Waals surface area contributed by atoms with E-state index in [4.69, 9.17) is 14.2 Å². The number of rotatable bonds is 12. The Morgan fingerprint density at radius 1 is 0.647 bits per heavy atom. The Balaban J connectivity index is 1.62. The van der Waals surface area contributed by atoms with Crippen LogP contribution in [-0.2, 0) is 12.8 Å². The molecule has 0 unspecified atom stereocenters. The lowest BCUT2D eigenvalue weighted by Gasteiger charge is -2.09. The largest absolute Gasteiger partial charge is 0.494 e. The van der Waals surface area contributed by atoms with Gasteiger partial charge in [-0.25, -0.2) is 0 Å². The first kappa shape index (κ1) is 23.7. The molecule has 4 heteroatoms. The van der Waals surface area contributed by atoms with Crippen molar-refractivity contribution in [1.82, 2.24) is 4.98 Å². The number of nitrogens with one attached hydrogen (secondary N) is 1. The number of aromatic amines is 1. The molecule has 178 valence electrons. The summed E-state index contributed by atoms with van der Waals surface area (Å²) in [4.78, 5) is 3.67.